The summed E-state index contributed by atoms with van der Waals surface area (Å²) in [4.78, 5) is 23.7. The SMILES string of the molecule is CC(=O)Nc1cc(NC(=O)c2cc(S(=O)(=O)N3CCOCC3)c(Cl)cc2Cl)ccc1F. The minimum absolute atomic E-state index is 0.0624. The van der Waals surface area contributed by atoms with Gasteiger partial charge in [0.25, 0.3) is 5.91 Å². The van der Waals surface area contributed by atoms with Gasteiger partial charge in [0.2, 0.25) is 15.9 Å². The van der Waals surface area contributed by atoms with Gasteiger partial charge in [0.05, 0.1) is 34.5 Å². The number of halogens is 3. The minimum Gasteiger partial charge on any atom is -0.379 e. The molecule has 0 radical (unpaired) electrons. The number of rotatable bonds is 5. The second kappa shape index (κ2) is 9.49. The molecule has 12 heteroatoms. The molecule has 0 atom stereocenters. The smallest absolute Gasteiger partial charge is 0.257 e. The van der Waals surface area contributed by atoms with Crippen LogP contribution >= 0.6 is 23.2 Å². The molecule has 0 saturated carbocycles. The highest BCUT2D eigenvalue weighted by Crippen LogP contribution is 2.31. The molecule has 0 unspecified atom stereocenters. The van der Waals surface area contributed by atoms with E-state index in [0.29, 0.717) is 0 Å². The first-order chi connectivity index (χ1) is 14.6. The highest BCUT2D eigenvalue weighted by molar-refractivity contribution is 7.89. The summed E-state index contributed by atoms with van der Waals surface area (Å²) in [5.41, 5.74) is -0.0925. The summed E-state index contributed by atoms with van der Waals surface area (Å²) in [5.74, 6) is -1.90. The van der Waals surface area contributed by atoms with Crippen LogP contribution in [0.25, 0.3) is 0 Å². The number of nitrogens with zero attached hydrogens (tertiary/aromatic N) is 1. The zero-order valence-corrected chi connectivity index (χ0v) is 18.6. The first kappa shape index (κ1) is 23.4. The lowest BCUT2D eigenvalue weighted by molar-refractivity contribution is -0.114. The van der Waals surface area contributed by atoms with E-state index in [0.717, 1.165) is 12.1 Å². The summed E-state index contributed by atoms with van der Waals surface area (Å²) in [7, 11) is -3.98. The summed E-state index contributed by atoms with van der Waals surface area (Å²) in [6.45, 7) is 2.03. The average Bonchev–Trinajstić information content (AvgIpc) is 2.70. The predicted octanol–water partition coefficient (Wildman–Crippen LogP) is 3.36. The Morgan fingerprint density at radius 3 is 2.39 bits per heavy atom. The number of hydrogen-bond acceptors (Lipinski definition) is 5. The van der Waals surface area contributed by atoms with Gasteiger partial charge < -0.3 is 15.4 Å². The molecule has 31 heavy (non-hydrogen) atoms. The van der Waals surface area contributed by atoms with E-state index < -0.39 is 27.7 Å². The highest BCUT2D eigenvalue weighted by Gasteiger charge is 2.30. The Kier molecular flexibility index (Phi) is 7.17. The summed E-state index contributed by atoms with van der Waals surface area (Å²) >= 11 is 12.3. The lowest BCUT2D eigenvalue weighted by Gasteiger charge is -2.26. The molecule has 1 heterocycles. The van der Waals surface area contributed by atoms with Gasteiger partial charge in [-0.05, 0) is 30.3 Å². The molecule has 0 spiro atoms. The molecule has 2 amide bonds. The van der Waals surface area contributed by atoms with E-state index in [2.05, 4.69) is 10.6 Å². The average molecular weight is 490 g/mol. The minimum atomic E-state index is -3.98. The van der Waals surface area contributed by atoms with Crippen molar-refractivity contribution in [3.05, 3.63) is 51.8 Å². The van der Waals surface area contributed by atoms with Crippen molar-refractivity contribution in [2.24, 2.45) is 0 Å². The van der Waals surface area contributed by atoms with Crippen molar-refractivity contribution < 1.29 is 27.1 Å². The quantitative estimate of drug-likeness (QED) is 0.669. The normalized spacial score (nSPS) is 14.8. The number of hydrogen-bond donors (Lipinski definition) is 2. The van der Waals surface area contributed by atoms with Crippen LogP contribution in [0.3, 0.4) is 0 Å². The molecule has 1 fully saturated rings. The van der Waals surface area contributed by atoms with Gasteiger partial charge in [0.1, 0.15) is 10.7 Å². The molecule has 2 N–H and O–H groups in total. The topological polar surface area (TPSA) is 105 Å². The Hall–Kier alpha value is -2.24. The van der Waals surface area contributed by atoms with Gasteiger partial charge in [-0.2, -0.15) is 4.31 Å². The van der Waals surface area contributed by atoms with E-state index in [1.54, 1.807) is 0 Å². The third-order valence-electron chi connectivity index (χ3n) is 4.39. The lowest BCUT2D eigenvalue weighted by atomic mass is 10.2. The molecule has 166 valence electrons. The van der Waals surface area contributed by atoms with Gasteiger partial charge in [0.15, 0.2) is 0 Å². The van der Waals surface area contributed by atoms with Crippen LogP contribution in [0.15, 0.2) is 35.2 Å². The number of benzene rings is 2. The van der Waals surface area contributed by atoms with Crippen LogP contribution in [0.5, 0.6) is 0 Å². The van der Waals surface area contributed by atoms with Crippen LogP contribution in [0.4, 0.5) is 15.8 Å². The molecule has 2 aromatic rings. The van der Waals surface area contributed by atoms with Gasteiger partial charge in [-0.3, -0.25) is 9.59 Å². The van der Waals surface area contributed by atoms with Crippen molar-refractivity contribution in [2.45, 2.75) is 11.8 Å². The first-order valence-electron chi connectivity index (χ1n) is 9.05. The number of sulfonamides is 1. The first-order valence-corrected chi connectivity index (χ1v) is 11.2. The van der Waals surface area contributed by atoms with Gasteiger partial charge in [-0.1, -0.05) is 23.2 Å². The Labute approximate surface area is 188 Å². The molecule has 0 aliphatic carbocycles. The fourth-order valence-electron chi connectivity index (χ4n) is 2.91. The fraction of sp³-hybridized carbons (Fsp3) is 0.263. The zero-order chi connectivity index (χ0) is 22.8. The van der Waals surface area contributed by atoms with Crippen LogP contribution in [0, 0.1) is 5.82 Å². The van der Waals surface area contributed by atoms with E-state index in [1.807, 2.05) is 0 Å². The molecule has 1 saturated heterocycles. The van der Waals surface area contributed by atoms with E-state index >= 15 is 0 Å². The second-order valence-electron chi connectivity index (χ2n) is 6.61. The third kappa shape index (κ3) is 5.34. The Morgan fingerprint density at radius 1 is 1.06 bits per heavy atom. The second-order valence-corrected chi connectivity index (χ2v) is 9.33. The zero-order valence-electron chi connectivity index (χ0n) is 16.2. The van der Waals surface area contributed by atoms with Crippen molar-refractivity contribution in [1.82, 2.24) is 4.31 Å². The van der Waals surface area contributed by atoms with Crippen molar-refractivity contribution >= 4 is 56.4 Å². The Morgan fingerprint density at radius 2 is 1.74 bits per heavy atom. The standard InChI is InChI=1S/C19H18Cl2FN3O5S/c1-11(26)23-17-8-12(2-3-16(17)22)24-19(27)13-9-18(15(21)10-14(13)20)31(28,29)25-4-6-30-7-5-25/h2-3,8-10H,4-7H2,1H3,(H,23,26)(H,24,27). The number of nitrogens with one attached hydrogen (secondary N) is 2. The fourth-order valence-corrected chi connectivity index (χ4v) is 5.16. The number of ether oxygens (including phenoxy) is 1. The van der Waals surface area contributed by atoms with Crippen molar-refractivity contribution in [2.75, 3.05) is 36.9 Å². The van der Waals surface area contributed by atoms with Gasteiger partial charge in [-0.15, -0.1) is 0 Å². The lowest BCUT2D eigenvalue weighted by Crippen LogP contribution is -2.40. The maximum absolute atomic E-state index is 13.8. The summed E-state index contributed by atoms with van der Waals surface area (Å²) < 4.78 is 46.1. The van der Waals surface area contributed by atoms with Crippen molar-refractivity contribution in [3.63, 3.8) is 0 Å². The molecule has 1 aliphatic heterocycles. The molecular formula is C19H18Cl2FN3O5S. The monoisotopic (exact) mass is 489 g/mol. The van der Waals surface area contributed by atoms with E-state index in [-0.39, 0.29) is 58.2 Å². The van der Waals surface area contributed by atoms with Crippen LogP contribution in [0.2, 0.25) is 10.0 Å². The largest absolute Gasteiger partial charge is 0.379 e. The van der Waals surface area contributed by atoms with Gasteiger partial charge in [0, 0.05) is 25.7 Å². The molecule has 1 aliphatic rings. The van der Waals surface area contributed by atoms with Crippen LogP contribution in [-0.4, -0.2) is 50.8 Å². The number of amides is 2. The summed E-state index contributed by atoms with van der Waals surface area (Å²) in [6.07, 6.45) is 0. The summed E-state index contributed by atoms with van der Waals surface area (Å²) in [5, 5.41) is 4.63. The molecule has 3 rings (SSSR count). The maximum Gasteiger partial charge on any atom is 0.257 e. The van der Waals surface area contributed by atoms with Crippen LogP contribution in [0.1, 0.15) is 17.3 Å². The molecule has 2 aromatic carbocycles. The Balaban J connectivity index is 1.92. The third-order valence-corrected chi connectivity index (χ3v) is 7.07. The Bertz CT molecular complexity index is 1140. The number of carbonyl (C=O) groups excluding carboxylic acids is 2. The number of carbonyl (C=O) groups is 2. The van der Waals surface area contributed by atoms with Crippen molar-refractivity contribution in [1.29, 1.82) is 0 Å². The van der Waals surface area contributed by atoms with Gasteiger partial charge in [-0.25, -0.2) is 12.8 Å². The van der Waals surface area contributed by atoms with Crippen LogP contribution < -0.4 is 10.6 Å². The van der Waals surface area contributed by atoms with E-state index in [4.69, 9.17) is 27.9 Å². The van der Waals surface area contributed by atoms with E-state index in [1.165, 1.54) is 29.4 Å². The summed E-state index contributed by atoms with van der Waals surface area (Å²) in [6, 6.07) is 5.86. The van der Waals surface area contributed by atoms with Gasteiger partial charge >= 0.3 is 0 Å². The maximum atomic E-state index is 13.8. The van der Waals surface area contributed by atoms with Crippen LogP contribution in [-0.2, 0) is 19.6 Å². The number of anilines is 2. The van der Waals surface area contributed by atoms with Crippen molar-refractivity contribution in [3.8, 4) is 0 Å². The number of morpholine rings is 1. The molecular weight excluding hydrogens is 472 g/mol. The predicted molar refractivity (Wildman–Crippen MR) is 115 cm³/mol. The molecule has 0 aromatic heterocycles. The molecule has 8 nitrogen and oxygen atoms in total. The molecule has 0 bridgehead atoms. The highest BCUT2D eigenvalue weighted by atomic mass is 35.5. The van der Waals surface area contributed by atoms with E-state index in [9.17, 15) is 22.4 Å².